The maximum atomic E-state index is 12.2. The Hall–Kier alpha value is -2.67. The molecule has 0 saturated carbocycles. The summed E-state index contributed by atoms with van der Waals surface area (Å²) in [6.45, 7) is 1.78. The zero-order valence-electron chi connectivity index (χ0n) is 14.8. The smallest absolute Gasteiger partial charge is 0.272 e. The minimum absolute atomic E-state index is 0.0125. The van der Waals surface area contributed by atoms with E-state index in [0.29, 0.717) is 21.5 Å². The van der Waals surface area contributed by atoms with Gasteiger partial charge in [-0.15, -0.1) is 0 Å². The predicted molar refractivity (Wildman–Crippen MR) is 104 cm³/mol. The van der Waals surface area contributed by atoms with Gasteiger partial charge in [0.1, 0.15) is 5.75 Å². The highest BCUT2D eigenvalue weighted by Gasteiger charge is 2.09. The number of hydrazone groups is 1. The molecule has 0 heterocycles. The fourth-order valence-corrected chi connectivity index (χ4v) is 2.44. The van der Waals surface area contributed by atoms with Crippen LogP contribution in [0.1, 0.15) is 22.8 Å². The van der Waals surface area contributed by atoms with Crippen LogP contribution in [0.4, 0.5) is 0 Å². The van der Waals surface area contributed by atoms with E-state index < -0.39 is 0 Å². The van der Waals surface area contributed by atoms with E-state index in [4.69, 9.17) is 4.74 Å². The molecular weight excluding hydrogens is 398 g/mol. The van der Waals surface area contributed by atoms with E-state index in [2.05, 4.69) is 26.5 Å². The summed E-state index contributed by atoms with van der Waals surface area (Å²) in [4.78, 5) is 25.1. The van der Waals surface area contributed by atoms with E-state index in [1.807, 2.05) is 18.2 Å². The number of likely N-dealkylation sites (N-methyl/N-ethyl adjacent to an activating group) is 1. The minimum atomic E-state index is -0.293. The van der Waals surface area contributed by atoms with Gasteiger partial charge in [-0.1, -0.05) is 12.1 Å². The summed E-state index contributed by atoms with van der Waals surface area (Å²) in [7, 11) is 3.35. The van der Waals surface area contributed by atoms with E-state index in [1.54, 1.807) is 51.4 Å². The molecule has 2 rings (SSSR count). The van der Waals surface area contributed by atoms with Crippen molar-refractivity contribution in [3.8, 4) is 5.75 Å². The van der Waals surface area contributed by atoms with Crippen LogP contribution in [0, 0.1) is 0 Å². The molecule has 0 spiro atoms. The fourth-order valence-electron chi connectivity index (χ4n) is 1.97. The number of amides is 2. The lowest BCUT2D eigenvalue weighted by atomic mass is 10.1. The number of carbonyl (C=O) groups excluding carboxylic acids is 2. The minimum Gasteiger partial charge on any atom is -0.484 e. The Morgan fingerprint density at radius 3 is 2.38 bits per heavy atom. The summed E-state index contributed by atoms with van der Waals surface area (Å²) < 4.78 is 6.13. The third kappa shape index (κ3) is 5.42. The van der Waals surface area contributed by atoms with Crippen molar-refractivity contribution < 1.29 is 14.3 Å². The van der Waals surface area contributed by atoms with Gasteiger partial charge >= 0.3 is 0 Å². The molecule has 2 aromatic carbocycles. The summed E-state index contributed by atoms with van der Waals surface area (Å²) in [6, 6.07) is 14.3. The highest BCUT2D eigenvalue weighted by Crippen LogP contribution is 2.16. The summed E-state index contributed by atoms with van der Waals surface area (Å²) in [5.41, 5.74) is 4.55. The van der Waals surface area contributed by atoms with Crippen LogP contribution in [0.15, 0.2) is 58.1 Å². The molecule has 26 heavy (non-hydrogen) atoms. The standard InChI is InChI=1S/C19H20BrN3O3/c1-13(21-22-19(25)16-6-4-5-7-17(16)20)14-8-10-15(11-9-14)26-12-18(24)23(2)3/h4-11H,12H2,1-3H3,(H,22,25)/b21-13+. The van der Waals surface area contributed by atoms with Crippen LogP contribution < -0.4 is 10.2 Å². The van der Waals surface area contributed by atoms with Gasteiger partial charge in [0.05, 0.1) is 11.3 Å². The van der Waals surface area contributed by atoms with Crippen LogP contribution in [0.2, 0.25) is 0 Å². The van der Waals surface area contributed by atoms with Gasteiger partial charge in [0.15, 0.2) is 6.61 Å². The second-order valence-electron chi connectivity index (χ2n) is 5.72. The van der Waals surface area contributed by atoms with Gasteiger partial charge < -0.3 is 9.64 Å². The number of halogens is 1. The van der Waals surface area contributed by atoms with Crippen LogP contribution in [0.5, 0.6) is 5.75 Å². The topological polar surface area (TPSA) is 71.0 Å². The average Bonchev–Trinajstić information content (AvgIpc) is 2.64. The van der Waals surface area contributed by atoms with Crippen LogP contribution >= 0.6 is 15.9 Å². The molecule has 136 valence electrons. The molecule has 0 atom stereocenters. The van der Waals surface area contributed by atoms with Crippen LogP contribution in [-0.2, 0) is 4.79 Å². The third-order valence-corrected chi connectivity index (χ3v) is 4.27. The van der Waals surface area contributed by atoms with Crippen LogP contribution in [-0.4, -0.2) is 43.1 Å². The van der Waals surface area contributed by atoms with Crippen LogP contribution in [0.3, 0.4) is 0 Å². The van der Waals surface area contributed by atoms with Gasteiger partial charge in [-0.25, -0.2) is 5.43 Å². The molecule has 0 saturated heterocycles. The number of nitrogens with one attached hydrogen (secondary N) is 1. The molecule has 1 N–H and O–H groups in total. The molecule has 0 aliphatic rings. The number of hydrogen-bond donors (Lipinski definition) is 1. The molecule has 0 radical (unpaired) electrons. The third-order valence-electron chi connectivity index (χ3n) is 3.58. The number of ether oxygens (including phenoxy) is 1. The molecule has 0 aliphatic carbocycles. The molecular formula is C19H20BrN3O3. The molecule has 0 unspecified atom stereocenters. The molecule has 2 amide bonds. The van der Waals surface area contributed by atoms with Gasteiger partial charge in [0, 0.05) is 18.6 Å². The van der Waals surface area contributed by atoms with Crippen molar-refractivity contribution in [1.82, 2.24) is 10.3 Å². The van der Waals surface area contributed by atoms with Crippen molar-refractivity contribution in [3.63, 3.8) is 0 Å². The van der Waals surface area contributed by atoms with Crippen molar-refractivity contribution in [2.75, 3.05) is 20.7 Å². The molecule has 0 aliphatic heterocycles. The van der Waals surface area contributed by atoms with Gasteiger partial charge in [-0.3, -0.25) is 9.59 Å². The Kier molecular flexibility index (Phi) is 6.91. The molecule has 0 fully saturated rings. The van der Waals surface area contributed by atoms with Crippen molar-refractivity contribution in [1.29, 1.82) is 0 Å². The maximum absolute atomic E-state index is 12.2. The number of nitrogens with zero attached hydrogens (tertiary/aromatic N) is 2. The molecule has 0 bridgehead atoms. The monoisotopic (exact) mass is 417 g/mol. The lowest BCUT2D eigenvalue weighted by Crippen LogP contribution is -2.27. The largest absolute Gasteiger partial charge is 0.484 e. The van der Waals surface area contributed by atoms with Crippen LogP contribution in [0.25, 0.3) is 0 Å². The molecule has 6 nitrogen and oxygen atoms in total. The SMILES string of the molecule is C/C(=N\NC(=O)c1ccccc1Br)c1ccc(OCC(=O)N(C)C)cc1. The first kappa shape index (κ1) is 19.7. The number of rotatable bonds is 6. The molecule has 7 heteroatoms. The van der Waals surface area contributed by atoms with E-state index in [-0.39, 0.29) is 18.4 Å². The Balaban J connectivity index is 1.97. The number of benzene rings is 2. The summed E-state index contributed by atoms with van der Waals surface area (Å²) in [5, 5.41) is 4.13. The van der Waals surface area contributed by atoms with Gasteiger partial charge in [0.25, 0.3) is 11.8 Å². The van der Waals surface area contributed by atoms with Crippen molar-refractivity contribution in [2.45, 2.75) is 6.92 Å². The van der Waals surface area contributed by atoms with Crippen molar-refractivity contribution in [3.05, 3.63) is 64.1 Å². The number of hydrogen-bond acceptors (Lipinski definition) is 4. The lowest BCUT2D eigenvalue weighted by Gasteiger charge is -2.11. The Morgan fingerprint density at radius 1 is 1.12 bits per heavy atom. The second-order valence-corrected chi connectivity index (χ2v) is 6.57. The first-order valence-electron chi connectivity index (χ1n) is 7.91. The van der Waals surface area contributed by atoms with E-state index in [9.17, 15) is 9.59 Å². The molecule has 2 aromatic rings. The van der Waals surface area contributed by atoms with E-state index in [1.165, 1.54) is 4.90 Å². The van der Waals surface area contributed by atoms with E-state index in [0.717, 1.165) is 5.56 Å². The van der Waals surface area contributed by atoms with Crippen molar-refractivity contribution >= 4 is 33.5 Å². The predicted octanol–water partition coefficient (Wildman–Crippen LogP) is 3.07. The number of carbonyl (C=O) groups is 2. The second kappa shape index (κ2) is 9.15. The fraction of sp³-hybridized carbons (Fsp3) is 0.211. The average molecular weight is 418 g/mol. The lowest BCUT2D eigenvalue weighted by molar-refractivity contribution is -0.130. The quantitative estimate of drug-likeness (QED) is 0.579. The molecule has 0 aromatic heterocycles. The zero-order chi connectivity index (χ0) is 19.1. The Morgan fingerprint density at radius 2 is 1.77 bits per heavy atom. The van der Waals surface area contributed by atoms with Crippen molar-refractivity contribution in [2.24, 2.45) is 5.10 Å². The van der Waals surface area contributed by atoms with E-state index >= 15 is 0 Å². The first-order valence-corrected chi connectivity index (χ1v) is 8.70. The Bertz CT molecular complexity index is 817. The maximum Gasteiger partial charge on any atom is 0.272 e. The summed E-state index contributed by atoms with van der Waals surface area (Å²) in [6.07, 6.45) is 0. The summed E-state index contributed by atoms with van der Waals surface area (Å²) in [5.74, 6) is 0.189. The first-order chi connectivity index (χ1) is 12.4. The summed E-state index contributed by atoms with van der Waals surface area (Å²) >= 11 is 3.34. The van der Waals surface area contributed by atoms with Gasteiger partial charge in [-0.2, -0.15) is 5.10 Å². The Labute approximate surface area is 161 Å². The normalized spacial score (nSPS) is 11.0. The zero-order valence-corrected chi connectivity index (χ0v) is 16.4. The highest BCUT2D eigenvalue weighted by molar-refractivity contribution is 9.10. The van der Waals surface area contributed by atoms with Gasteiger partial charge in [-0.05, 0) is 64.8 Å². The van der Waals surface area contributed by atoms with Gasteiger partial charge in [0.2, 0.25) is 0 Å². The highest BCUT2D eigenvalue weighted by atomic mass is 79.9.